The van der Waals surface area contributed by atoms with Crippen LogP contribution in [0.15, 0.2) is 0 Å². The standard InChI is InChI=1S/C10H21NS3/c1-5-6-7-13-9(12)14-10(2,3)8-11-4/h11H,5-8H2,1-4H3. The molecule has 4 heteroatoms. The fourth-order valence-corrected chi connectivity index (χ4v) is 4.37. The maximum Gasteiger partial charge on any atom is 0.104 e. The summed E-state index contributed by atoms with van der Waals surface area (Å²) in [6, 6.07) is 0. The van der Waals surface area contributed by atoms with Crippen LogP contribution in [0, 0.1) is 0 Å². The zero-order valence-corrected chi connectivity index (χ0v) is 12.0. The summed E-state index contributed by atoms with van der Waals surface area (Å²) in [7, 11) is 1.98. The Balaban J connectivity index is 3.69. The summed E-state index contributed by atoms with van der Waals surface area (Å²) in [5.74, 6) is 1.16. The third-order valence-corrected chi connectivity index (χ3v) is 4.48. The SMILES string of the molecule is CCCCSC(=S)SC(C)(C)CNC. The Labute approximate surface area is 102 Å². The van der Waals surface area contributed by atoms with Crippen LogP contribution in [0.25, 0.3) is 0 Å². The zero-order chi connectivity index (χ0) is 11.0. The Morgan fingerprint density at radius 3 is 2.57 bits per heavy atom. The van der Waals surface area contributed by atoms with Crippen molar-refractivity contribution in [3.8, 4) is 0 Å². The minimum atomic E-state index is 0.213. The molecule has 0 spiro atoms. The van der Waals surface area contributed by atoms with Gasteiger partial charge in [-0.2, -0.15) is 0 Å². The molecule has 0 aliphatic heterocycles. The summed E-state index contributed by atoms with van der Waals surface area (Å²) in [5, 5.41) is 3.19. The molecule has 0 radical (unpaired) electrons. The first-order valence-corrected chi connectivity index (χ1v) is 7.23. The van der Waals surface area contributed by atoms with Crippen LogP contribution < -0.4 is 5.32 Å². The molecule has 0 aliphatic rings. The lowest BCUT2D eigenvalue weighted by molar-refractivity contribution is 0.645. The number of nitrogens with one attached hydrogen (secondary N) is 1. The Bertz CT molecular complexity index is 169. The van der Waals surface area contributed by atoms with E-state index in [1.807, 2.05) is 30.6 Å². The molecule has 1 N–H and O–H groups in total. The first kappa shape index (κ1) is 14.8. The van der Waals surface area contributed by atoms with E-state index in [2.05, 4.69) is 26.1 Å². The predicted octanol–water partition coefficient (Wildman–Crippen LogP) is 3.54. The van der Waals surface area contributed by atoms with Gasteiger partial charge in [0.15, 0.2) is 0 Å². The fourth-order valence-electron chi connectivity index (χ4n) is 1.02. The van der Waals surface area contributed by atoms with Crippen molar-refractivity contribution >= 4 is 39.3 Å². The second kappa shape index (κ2) is 7.97. The van der Waals surface area contributed by atoms with Gasteiger partial charge in [0.05, 0.1) is 0 Å². The second-order valence-electron chi connectivity index (χ2n) is 3.84. The van der Waals surface area contributed by atoms with Gasteiger partial charge in [0.25, 0.3) is 0 Å². The van der Waals surface area contributed by atoms with Crippen molar-refractivity contribution in [2.24, 2.45) is 0 Å². The topological polar surface area (TPSA) is 12.0 Å². The van der Waals surface area contributed by atoms with E-state index in [1.165, 1.54) is 12.8 Å². The molecule has 0 unspecified atom stereocenters. The first-order valence-electron chi connectivity index (χ1n) is 5.02. The van der Waals surface area contributed by atoms with E-state index in [1.54, 1.807) is 0 Å². The van der Waals surface area contributed by atoms with E-state index in [9.17, 15) is 0 Å². The minimum Gasteiger partial charge on any atom is -0.318 e. The van der Waals surface area contributed by atoms with E-state index >= 15 is 0 Å². The number of hydrogen-bond acceptors (Lipinski definition) is 4. The van der Waals surface area contributed by atoms with Crippen LogP contribution in [0.1, 0.15) is 33.6 Å². The number of rotatable bonds is 6. The molecular formula is C10H21NS3. The smallest absolute Gasteiger partial charge is 0.104 e. The molecule has 0 aromatic rings. The van der Waals surface area contributed by atoms with Gasteiger partial charge in [0.2, 0.25) is 0 Å². The zero-order valence-electron chi connectivity index (χ0n) is 9.55. The van der Waals surface area contributed by atoms with Crippen LogP contribution in [-0.2, 0) is 0 Å². The number of thiocarbonyl (C=S) groups is 1. The number of thioether (sulfide) groups is 2. The van der Waals surface area contributed by atoms with Gasteiger partial charge in [-0.15, -0.1) is 23.5 Å². The van der Waals surface area contributed by atoms with Gasteiger partial charge in [-0.1, -0.05) is 25.6 Å². The fraction of sp³-hybridized carbons (Fsp3) is 0.900. The van der Waals surface area contributed by atoms with Crippen LogP contribution in [-0.4, -0.2) is 27.6 Å². The molecule has 0 saturated carbocycles. The van der Waals surface area contributed by atoms with Crippen LogP contribution in [0.3, 0.4) is 0 Å². The summed E-state index contributed by atoms with van der Waals surface area (Å²) in [6.45, 7) is 7.65. The average Bonchev–Trinajstić information content (AvgIpc) is 2.03. The van der Waals surface area contributed by atoms with Crippen LogP contribution in [0.4, 0.5) is 0 Å². The number of unbranched alkanes of at least 4 members (excludes halogenated alkanes) is 1. The maximum absolute atomic E-state index is 5.33. The second-order valence-corrected chi connectivity index (χ2v) is 7.85. The van der Waals surface area contributed by atoms with E-state index in [0.717, 1.165) is 15.8 Å². The molecule has 0 rings (SSSR count). The highest BCUT2D eigenvalue weighted by molar-refractivity contribution is 8.47. The van der Waals surface area contributed by atoms with E-state index in [0.29, 0.717) is 0 Å². The highest BCUT2D eigenvalue weighted by atomic mass is 32.2. The van der Waals surface area contributed by atoms with E-state index < -0.39 is 0 Å². The molecular weight excluding hydrogens is 230 g/mol. The maximum atomic E-state index is 5.33. The molecule has 0 bridgehead atoms. The highest BCUT2D eigenvalue weighted by Gasteiger charge is 2.19. The van der Waals surface area contributed by atoms with Gasteiger partial charge >= 0.3 is 0 Å². The Morgan fingerprint density at radius 2 is 2.07 bits per heavy atom. The summed E-state index contributed by atoms with van der Waals surface area (Å²) < 4.78 is 1.30. The Morgan fingerprint density at radius 1 is 1.43 bits per heavy atom. The quantitative estimate of drug-likeness (QED) is 0.572. The van der Waals surface area contributed by atoms with Gasteiger partial charge in [-0.25, -0.2) is 0 Å². The van der Waals surface area contributed by atoms with Crippen molar-refractivity contribution < 1.29 is 0 Å². The third kappa shape index (κ3) is 8.09. The lowest BCUT2D eigenvalue weighted by atomic mass is 10.2. The third-order valence-electron chi connectivity index (χ3n) is 1.68. The van der Waals surface area contributed by atoms with Gasteiger partial charge in [0, 0.05) is 11.3 Å². The van der Waals surface area contributed by atoms with Crippen LogP contribution >= 0.6 is 35.7 Å². The highest BCUT2D eigenvalue weighted by Crippen LogP contribution is 2.30. The summed E-state index contributed by atoms with van der Waals surface area (Å²) in [4.78, 5) is 0. The molecule has 14 heavy (non-hydrogen) atoms. The summed E-state index contributed by atoms with van der Waals surface area (Å²) >= 11 is 8.96. The van der Waals surface area contributed by atoms with Gasteiger partial charge in [-0.3, -0.25) is 0 Å². The Hall–Kier alpha value is 0.750. The van der Waals surface area contributed by atoms with Crippen molar-refractivity contribution in [1.29, 1.82) is 0 Å². The molecule has 0 heterocycles. The molecule has 0 aliphatic carbocycles. The van der Waals surface area contributed by atoms with Crippen molar-refractivity contribution in [3.05, 3.63) is 0 Å². The lowest BCUT2D eigenvalue weighted by Crippen LogP contribution is -2.30. The van der Waals surface area contributed by atoms with Crippen molar-refractivity contribution in [3.63, 3.8) is 0 Å². The van der Waals surface area contributed by atoms with Crippen molar-refractivity contribution in [1.82, 2.24) is 5.32 Å². The first-order chi connectivity index (χ1) is 6.52. The van der Waals surface area contributed by atoms with Crippen LogP contribution in [0.5, 0.6) is 0 Å². The molecule has 0 amide bonds. The summed E-state index contributed by atoms with van der Waals surface area (Å²) in [5.41, 5.74) is 0. The average molecular weight is 251 g/mol. The normalized spacial score (nSPS) is 11.7. The van der Waals surface area contributed by atoms with E-state index in [-0.39, 0.29) is 4.75 Å². The lowest BCUT2D eigenvalue weighted by Gasteiger charge is -2.23. The molecule has 0 saturated heterocycles. The van der Waals surface area contributed by atoms with Crippen molar-refractivity contribution in [2.75, 3.05) is 19.3 Å². The Kier molecular flexibility index (Phi) is 8.39. The van der Waals surface area contributed by atoms with Gasteiger partial charge < -0.3 is 5.32 Å². The molecule has 84 valence electrons. The minimum absolute atomic E-state index is 0.213. The van der Waals surface area contributed by atoms with Gasteiger partial charge in [0.1, 0.15) is 3.53 Å². The molecule has 0 fully saturated rings. The predicted molar refractivity (Wildman–Crippen MR) is 75.6 cm³/mol. The molecule has 0 aromatic carbocycles. The van der Waals surface area contributed by atoms with Gasteiger partial charge in [-0.05, 0) is 33.1 Å². The largest absolute Gasteiger partial charge is 0.318 e. The molecule has 0 aromatic heterocycles. The number of hydrogen-bond donors (Lipinski definition) is 1. The summed E-state index contributed by atoms with van der Waals surface area (Å²) in [6.07, 6.45) is 2.51. The monoisotopic (exact) mass is 251 g/mol. The van der Waals surface area contributed by atoms with E-state index in [4.69, 9.17) is 12.2 Å². The molecule has 1 nitrogen and oxygen atoms in total. The molecule has 0 atom stereocenters. The van der Waals surface area contributed by atoms with Crippen molar-refractivity contribution in [2.45, 2.75) is 38.4 Å². The van der Waals surface area contributed by atoms with Crippen LogP contribution in [0.2, 0.25) is 0 Å².